The lowest BCUT2D eigenvalue weighted by Gasteiger charge is -2.19. The maximum atomic E-state index is 10.1. The molecule has 0 heterocycles. The fourth-order valence-electron chi connectivity index (χ4n) is 4.78. The van der Waals surface area contributed by atoms with Gasteiger partial charge in [0.1, 0.15) is 11.8 Å². The zero-order valence-electron chi connectivity index (χ0n) is 22.5. The molecule has 0 atom stereocenters. The van der Waals surface area contributed by atoms with Crippen molar-refractivity contribution >= 4 is 33.0 Å². The molecule has 198 valence electrons. The van der Waals surface area contributed by atoms with Gasteiger partial charge in [-0.3, -0.25) is 0 Å². The molecule has 0 aliphatic rings. The molecule has 0 amide bonds. The number of ether oxygens (including phenoxy) is 1. The highest BCUT2D eigenvalue weighted by molar-refractivity contribution is 9.10. The number of nitriles is 1. The van der Waals surface area contributed by atoms with Gasteiger partial charge in [0.05, 0.1) is 18.4 Å². The van der Waals surface area contributed by atoms with Crippen molar-refractivity contribution in [3.8, 4) is 34.1 Å². The summed E-state index contributed by atoms with van der Waals surface area (Å²) in [5, 5.41) is 17.0. The van der Waals surface area contributed by atoms with E-state index < -0.39 is 0 Å². The summed E-state index contributed by atoms with van der Waals surface area (Å²) >= 11 is 3.56. The lowest BCUT2D eigenvalue weighted by molar-refractivity contribution is 0.414. The second kappa shape index (κ2) is 12.5. The summed E-state index contributed by atoms with van der Waals surface area (Å²) in [4.78, 5) is 0. The molecular weight excluding hydrogens is 558 g/mol. The van der Waals surface area contributed by atoms with E-state index in [9.17, 15) is 5.26 Å². The summed E-state index contributed by atoms with van der Waals surface area (Å²) < 4.78 is 6.29. The van der Waals surface area contributed by atoms with Crippen LogP contribution in [0.5, 0.6) is 5.75 Å². The molecule has 0 radical (unpaired) electrons. The minimum atomic E-state index is 0.591. The Morgan fingerprint density at radius 3 is 1.93 bits per heavy atom. The number of rotatable bonds is 9. The van der Waals surface area contributed by atoms with Gasteiger partial charge in [0.15, 0.2) is 0 Å². The van der Waals surface area contributed by atoms with Crippen LogP contribution in [0.15, 0.2) is 114 Å². The zero-order valence-corrected chi connectivity index (χ0v) is 24.1. The first-order valence-corrected chi connectivity index (χ1v) is 14.0. The Labute approximate surface area is 244 Å². The molecule has 0 spiro atoms. The highest BCUT2D eigenvalue weighted by Gasteiger charge is 2.17. The Morgan fingerprint density at radius 1 is 0.725 bits per heavy atom. The maximum Gasteiger partial charge on any atom is 0.118 e. The second-order valence-electron chi connectivity index (χ2n) is 9.48. The average molecular weight is 589 g/mol. The molecule has 0 saturated heterocycles. The normalized spacial score (nSPS) is 10.6. The third-order valence-electron chi connectivity index (χ3n) is 6.83. The third kappa shape index (κ3) is 6.20. The molecule has 40 heavy (non-hydrogen) atoms. The van der Waals surface area contributed by atoms with E-state index in [0.717, 1.165) is 62.5 Å². The summed E-state index contributed by atoms with van der Waals surface area (Å²) in [5.74, 6) is 0.860. The van der Waals surface area contributed by atoms with Crippen molar-refractivity contribution in [2.75, 3.05) is 24.3 Å². The van der Waals surface area contributed by atoms with E-state index in [2.05, 4.69) is 88.1 Å². The van der Waals surface area contributed by atoms with E-state index in [4.69, 9.17) is 4.74 Å². The number of hydrogen-bond donors (Lipinski definition) is 2. The van der Waals surface area contributed by atoms with E-state index in [1.807, 2.05) is 60.7 Å². The van der Waals surface area contributed by atoms with Crippen molar-refractivity contribution in [2.45, 2.75) is 13.3 Å². The number of nitrogens with zero attached hydrogens (tertiary/aromatic N) is 1. The van der Waals surface area contributed by atoms with Gasteiger partial charge in [0.25, 0.3) is 0 Å². The number of hydrogen-bond acceptors (Lipinski definition) is 4. The van der Waals surface area contributed by atoms with Gasteiger partial charge >= 0.3 is 0 Å². The lowest BCUT2D eigenvalue weighted by Crippen LogP contribution is -2.00. The average Bonchev–Trinajstić information content (AvgIpc) is 2.99. The number of benzene rings is 5. The fraction of sp³-hybridized carbons (Fsp3) is 0.114. The predicted molar refractivity (Wildman–Crippen MR) is 169 cm³/mol. The molecule has 0 unspecified atom stereocenters. The molecule has 0 saturated carbocycles. The standard InChI is InChI=1S/C35H30BrN3O/c1-3-38-30-15-17-31(18-16-30)39-35-28(23-37)12-21-33(34(35)27-10-13-29(36)14-11-27)26-8-4-24(5-9-26)22-25-6-19-32(40-2)20-7-25/h4-21,38-39H,3,22H2,1-2H3. The van der Waals surface area contributed by atoms with Gasteiger partial charge in [0, 0.05) is 28.0 Å². The Balaban J connectivity index is 1.55. The number of methoxy groups -OCH3 is 1. The summed E-state index contributed by atoms with van der Waals surface area (Å²) in [6.45, 7) is 2.94. The first kappa shape index (κ1) is 27.1. The molecule has 0 aromatic heterocycles. The smallest absolute Gasteiger partial charge is 0.118 e. The van der Waals surface area contributed by atoms with E-state index in [0.29, 0.717) is 5.56 Å². The molecule has 0 bridgehead atoms. The molecule has 5 rings (SSSR count). The third-order valence-corrected chi connectivity index (χ3v) is 7.35. The monoisotopic (exact) mass is 587 g/mol. The highest BCUT2D eigenvalue weighted by Crippen LogP contribution is 2.42. The quantitative estimate of drug-likeness (QED) is 0.180. The van der Waals surface area contributed by atoms with Crippen LogP contribution in [0, 0.1) is 11.3 Å². The van der Waals surface area contributed by atoms with Gasteiger partial charge in [-0.1, -0.05) is 70.5 Å². The van der Waals surface area contributed by atoms with Crippen LogP contribution in [0.2, 0.25) is 0 Å². The first-order chi connectivity index (χ1) is 19.6. The second-order valence-corrected chi connectivity index (χ2v) is 10.4. The van der Waals surface area contributed by atoms with Crippen LogP contribution in [0.1, 0.15) is 23.6 Å². The highest BCUT2D eigenvalue weighted by atomic mass is 79.9. The van der Waals surface area contributed by atoms with E-state index in [-0.39, 0.29) is 0 Å². The van der Waals surface area contributed by atoms with Crippen molar-refractivity contribution in [1.29, 1.82) is 5.26 Å². The summed E-state index contributed by atoms with van der Waals surface area (Å²) in [6, 6.07) is 39.6. The minimum Gasteiger partial charge on any atom is -0.497 e. The van der Waals surface area contributed by atoms with Crippen LogP contribution in [0.3, 0.4) is 0 Å². The Kier molecular flexibility index (Phi) is 8.49. The summed E-state index contributed by atoms with van der Waals surface area (Å²) in [5.41, 5.74) is 9.99. The molecular formula is C35H30BrN3O. The van der Waals surface area contributed by atoms with E-state index in [1.165, 1.54) is 11.1 Å². The molecule has 5 heteroatoms. The Morgan fingerprint density at radius 2 is 1.32 bits per heavy atom. The first-order valence-electron chi connectivity index (χ1n) is 13.2. The summed E-state index contributed by atoms with van der Waals surface area (Å²) in [7, 11) is 1.68. The van der Waals surface area contributed by atoms with Crippen molar-refractivity contribution in [2.24, 2.45) is 0 Å². The van der Waals surface area contributed by atoms with Crippen molar-refractivity contribution < 1.29 is 4.74 Å². The van der Waals surface area contributed by atoms with Crippen molar-refractivity contribution in [3.05, 3.63) is 130 Å². The van der Waals surface area contributed by atoms with Gasteiger partial charge in [-0.25, -0.2) is 0 Å². The lowest BCUT2D eigenvalue weighted by atomic mass is 9.90. The van der Waals surface area contributed by atoms with Crippen LogP contribution in [0.25, 0.3) is 22.3 Å². The molecule has 4 nitrogen and oxygen atoms in total. The number of nitrogens with one attached hydrogen (secondary N) is 2. The molecule has 0 fully saturated rings. The predicted octanol–water partition coefficient (Wildman–Crippen LogP) is 9.43. The van der Waals surface area contributed by atoms with Crippen LogP contribution in [-0.4, -0.2) is 13.7 Å². The van der Waals surface area contributed by atoms with Crippen molar-refractivity contribution in [1.82, 2.24) is 0 Å². The van der Waals surface area contributed by atoms with Crippen molar-refractivity contribution in [3.63, 3.8) is 0 Å². The van der Waals surface area contributed by atoms with Gasteiger partial charge < -0.3 is 15.4 Å². The molecule has 5 aromatic carbocycles. The topological polar surface area (TPSA) is 57.1 Å². The van der Waals surface area contributed by atoms with Crippen LogP contribution >= 0.6 is 15.9 Å². The summed E-state index contributed by atoms with van der Waals surface area (Å²) in [6.07, 6.45) is 0.840. The van der Waals surface area contributed by atoms with E-state index in [1.54, 1.807) is 7.11 Å². The van der Waals surface area contributed by atoms with E-state index >= 15 is 0 Å². The molecule has 2 N–H and O–H groups in total. The number of anilines is 3. The van der Waals surface area contributed by atoms with Gasteiger partial charge in [0.2, 0.25) is 0 Å². The van der Waals surface area contributed by atoms with Crippen LogP contribution in [0.4, 0.5) is 17.1 Å². The fourth-order valence-corrected chi connectivity index (χ4v) is 5.05. The van der Waals surface area contributed by atoms with Gasteiger partial charge in [-0.2, -0.15) is 5.26 Å². The molecule has 0 aliphatic heterocycles. The SMILES string of the molecule is CCNc1ccc(Nc2c(C#N)ccc(-c3ccc(Cc4ccc(OC)cc4)cc3)c2-c2ccc(Br)cc2)cc1. The van der Waals surface area contributed by atoms with Gasteiger partial charge in [-0.05, 0) is 95.8 Å². The largest absolute Gasteiger partial charge is 0.497 e. The molecule has 0 aliphatic carbocycles. The Bertz CT molecular complexity index is 1620. The van der Waals surface area contributed by atoms with Gasteiger partial charge in [-0.15, -0.1) is 0 Å². The van der Waals surface area contributed by atoms with Crippen LogP contribution < -0.4 is 15.4 Å². The zero-order chi connectivity index (χ0) is 27.9. The minimum absolute atomic E-state index is 0.591. The van der Waals surface area contributed by atoms with Crippen LogP contribution in [-0.2, 0) is 6.42 Å². The number of halogens is 1. The Hall–Kier alpha value is -4.53. The maximum absolute atomic E-state index is 10.1. The molecule has 5 aromatic rings.